The maximum Gasteiger partial charge on any atom is 0.373 e. The van der Waals surface area contributed by atoms with Crippen molar-refractivity contribution in [3.8, 4) is 28.6 Å². The molecule has 11 nitrogen and oxygen atoms in total. The molecule has 0 amide bonds. The van der Waals surface area contributed by atoms with Gasteiger partial charge in [0.1, 0.15) is 11.3 Å². The molecule has 0 aliphatic rings. The third-order valence-corrected chi connectivity index (χ3v) is 4.49. The van der Waals surface area contributed by atoms with E-state index in [-0.39, 0.29) is 40.3 Å². The molecule has 192 valence electrons. The van der Waals surface area contributed by atoms with Crippen LogP contribution in [0.3, 0.4) is 0 Å². The zero-order valence-corrected chi connectivity index (χ0v) is 20.5. The first-order chi connectivity index (χ1) is 17.6. The van der Waals surface area contributed by atoms with Crippen molar-refractivity contribution in [2.45, 2.75) is 27.7 Å². The summed E-state index contributed by atoms with van der Waals surface area (Å²) in [6, 6.07) is 7.62. The third-order valence-electron chi connectivity index (χ3n) is 4.49. The van der Waals surface area contributed by atoms with Gasteiger partial charge in [0, 0.05) is 31.7 Å². The molecule has 0 aliphatic carbocycles. The Labute approximate surface area is 210 Å². The van der Waals surface area contributed by atoms with E-state index >= 15 is 0 Å². The first kappa shape index (κ1) is 28.2. The van der Waals surface area contributed by atoms with Crippen LogP contribution in [-0.2, 0) is 28.7 Å². The molecular weight excluding hydrogens is 488 g/mol. The molecule has 0 fully saturated rings. The summed E-state index contributed by atoms with van der Waals surface area (Å²) in [5.41, 5.74) is 1.21. The van der Waals surface area contributed by atoms with E-state index in [4.69, 9.17) is 33.0 Å². The van der Waals surface area contributed by atoms with Gasteiger partial charge in [0.25, 0.3) is 0 Å². The SMILES string of the molecule is C/C=C/c1cc(OC(C)=O)c2oc(-c3ccc(OC(C)=O)c(OC(C)=O)c3)c(C(=O)OC)c2c1.O=C=O. The second-order valence-electron chi connectivity index (χ2n) is 7.22. The van der Waals surface area contributed by atoms with Crippen molar-refractivity contribution in [3.05, 3.63) is 47.5 Å². The van der Waals surface area contributed by atoms with Gasteiger partial charge in [-0.15, -0.1) is 0 Å². The normalized spacial score (nSPS) is 10.2. The Morgan fingerprint density at radius 1 is 0.838 bits per heavy atom. The van der Waals surface area contributed by atoms with Gasteiger partial charge in [0.15, 0.2) is 22.8 Å². The Kier molecular flexibility index (Phi) is 9.62. The van der Waals surface area contributed by atoms with Crippen molar-refractivity contribution >= 4 is 47.1 Å². The number of allylic oxidation sites excluding steroid dienone is 1. The van der Waals surface area contributed by atoms with E-state index in [0.717, 1.165) is 0 Å². The first-order valence-corrected chi connectivity index (χ1v) is 10.6. The monoisotopic (exact) mass is 510 g/mol. The van der Waals surface area contributed by atoms with Crippen LogP contribution in [-0.4, -0.2) is 37.1 Å². The van der Waals surface area contributed by atoms with E-state index < -0.39 is 23.9 Å². The molecule has 1 aromatic heterocycles. The minimum Gasteiger partial charge on any atom is -0.465 e. The number of rotatable bonds is 6. The minimum absolute atomic E-state index is 0.0122. The lowest BCUT2D eigenvalue weighted by molar-refractivity contribution is -0.191. The lowest BCUT2D eigenvalue weighted by Crippen LogP contribution is -2.07. The quantitative estimate of drug-likeness (QED) is 0.348. The lowest BCUT2D eigenvalue weighted by Gasteiger charge is -2.10. The van der Waals surface area contributed by atoms with Crippen molar-refractivity contribution in [1.82, 2.24) is 0 Å². The van der Waals surface area contributed by atoms with Crippen molar-refractivity contribution in [2.24, 2.45) is 0 Å². The zero-order chi connectivity index (χ0) is 27.7. The number of methoxy groups -OCH3 is 1. The molecule has 0 atom stereocenters. The molecule has 0 N–H and O–H groups in total. The van der Waals surface area contributed by atoms with Gasteiger partial charge in [-0.05, 0) is 42.8 Å². The standard InChI is InChI=1S/C25H22O9.CO2/c1-6-7-16-10-18-22(25(29)30-5)23(34-24(18)21(11-16)33-15(4)28)17-8-9-19(31-13(2)26)20(12-17)32-14(3)27;2-1-3/h6-12H,1-5H3;/b7-6+;. The highest BCUT2D eigenvalue weighted by atomic mass is 16.6. The summed E-state index contributed by atoms with van der Waals surface area (Å²) in [6.07, 6.45) is 3.81. The van der Waals surface area contributed by atoms with Gasteiger partial charge in [0.2, 0.25) is 0 Å². The molecule has 37 heavy (non-hydrogen) atoms. The lowest BCUT2D eigenvalue weighted by atomic mass is 10.0. The summed E-state index contributed by atoms with van der Waals surface area (Å²) in [5, 5.41) is 0.354. The molecule has 2 aromatic carbocycles. The first-order valence-electron chi connectivity index (χ1n) is 10.6. The molecule has 11 heteroatoms. The molecule has 0 radical (unpaired) electrons. The zero-order valence-electron chi connectivity index (χ0n) is 20.5. The topological polar surface area (TPSA) is 152 Å². The molecular formula is C26H22O11. The van der Waals surface area contributed by atoms with Crippen LogP contribution in [0.25, 0.3) is 28.4 Å². The molecule has 0 saturated heterocycles. The summed E-state index contributed by atoms with van der Waals surface area (Å²) >= 11 is 0. The second kappa shape index (κ2) is 12.6. The van der Waals surface area contributed by atoms with Gasteiger partial charge in [-0.1, -0.05) is 12.2 Å². The fourth-order valence-corrected chi connectivity index (χ4v) is 3.34. The van der Waals surface area contributed by atoms with E-state index in [1.807, 2.05) is 6.92 Å². The van der Waals surface area contributed by atoms with Crippen molar-refractivity contribution < 1.29 is 52.1 Å². The predicted molar refractivity (Wildman–Crippen MR) is 127 cm³/mol. The van der Waals surface area contributed by atoms with Gasteiger partial charge in [-0.2, -0.15) is 9.59 Å². The number of hydrogen-bond donors (Lipinski definition) is 0. The summed E-state index contributed by atoms with van der Waals surface area (Å²) < 4.78 is 26.6. The van der Waals surface area contributed by atoms with Crippen LogP contribution in [0.4, 0.5) is 0 Å². The van der Waals surface area contributed by atoms with Gasteiger partial charge in [-0.3, -0.25) is 14.4 Å². The van der Waals surface area contributed by atoms with Crippen LogP contribution < -0.4 is 14.2 Å². The van der Waals surface area contributed by atoms with E-state index in [1.54, 1.807) is 24.3 Å². The van der Waals surface area contributed by atoms with Gasteiger partial charge in [0.05, 0.1) is 7.11 Å². The van der Waals surface area contributed by atoms with E-state index in [2.05, 4.69) is 0 Å². The van der Waals surface area contributed by atoms with Crippen LogP contribution in [0.1, 0.15) is 43.6 Å². The fraction of sp³-hybridized carbons (Fsp3) is 0.192. The molecule has 0 unspecified atom stereocenters. The second-order valence-corrected chi connectivity index (χ2v) is 7.22. The Balaban J connectivity index is 0.00000153. The minimum atomic E-state index is -0.696. The maximum atomic E-state index is 12.8. The molecule has 3 aromatic rings. The van der Waals surface area contributed by atoms with Crippen molar-refractivity contribution in [1.29, 1.82) is 0 Å². The van der Waals surface area contributed by atoms with E-state index in [1.165, 1.54) is 46.1 Å². The van der Waals surface area contributed by atoms with Crippen LogP contribution >= 0.6 is 0 Å². The highest BCUT2D eigenvalue weighted by Gasteiger charge is 2.27. The van der Waals surface area contributed by atoms with Gasteiger partial charge in [-0.25, -0.2) is 4.79 Å². The van der Waals surface area contributed by atoms with Crippen LogP contribution in [0.15, 0.2) is 40.8 Å². The highest BCUT2D eigenvalue weighted by Crippen LogP contribution is 2.42. The number of furan rings is 1. The number of hydrogen-bond acceptors (Lipinski definition) is 11. The van der Waals surface area contributed by atoms with Gasteiger partial charge >= 0.3 is 30.0 Å². The average molecular weight is 510 g/mol. The maximum absolute atomic E-state index is 12.8. The Morgan fingerprint density at radius 3 is 1.95 bits per heavy atom. The summed E-state index contributed by atoms with van der Waals surface area (Å²) in [4.78, 5) is 63.8. The summed E-state index contributed by atoms with van der Waals surface area (Å²) in [7, 11) is 1.22. The predicted octanol–water partition coefficient (Wildman–Crippen LogP) is 4.11. The smallest absolute Gasteiger partial charge is 0.373 e. The van der Waals surface area contributed by atoms with Crippen LogP contribution in [0, 0.1) is 0 Å². The summed E-state index contributed by atoms with van der Waals surface area (Å²) in [6.45, 7) is 5.47. The molecule has 0 bridgehead atoms. The van der Waals surface area contributed by atoms with E-state index in [9.17, 15) is 19.2 Å². The average Bonchev–Trinajstić information content (AvgIpc) is 3.19. The molecule has 0 aliphatic heterocycles. The Hall–Kier alpha value is -5.02. The summed E-state index contributed by atoms with van der Waals surface area (Å²) in [5.74, 6) is -2.36. The molecule has 0 spiro atoms. The van der Waals surface area contributed by atoms with Crippen LogP contribution in [0.2, 0.25) is 0 Å². The number of benzene rings is 2. The third kappa shape index (κ3) is 7.00. The van der Waals surface area contributed by atoms with E-state index in [0.29, 0.717) is 16.5 Å². The van der Waals surface area contributed by atoms with Crippen molar-refractivity contribution in [3.63, 3.8) is 0 Å². The number of fused-ring (bicyclic) bond motifs is 1. The number of carbonyl (C=O) groups excluding carboxylic acids is 6. The molecule has 3 rings (SSSR count). The van der Waals surface area contributed by atoms with Crippen LogP contribution in [0.5, 0.6) is 17.2 Å². The Bertz CT molecular complexity index is 1420. The largest absolute Gasteiger partial charge is 0.465 e. The van der Waals surface area contributed by atoms with Gasteiger partial charge < -0.3 is 23.4 Å². The Morgan fingerprint density at radius 2 is 1.41 bits per heavy atom. The van der Waals surface area contributed by atoms with Crippen molar-refractivity contribution in [2.75, 3.05) is 7.11 Å². The fourth-order valence-electron chi connectivity index (χ4n) is 3.34. The molecule has 0 saturated carbocycles. The molecule has 1 heterocycles. The number of ether oxygens (including phenoxy) is 4. The number of esters is 4. The highest BCUT2D eigenvalue weighted by molar-refractivity contribution is 6.10. The number of carbonyl (C=O) groups is 4.